The van der Waals surface area contributed by atoms with E-state index in [1.165, 1.54) is 24.3 Å². The Bertz CT molecular complexity index is 806. The highest BCUT2D eigenvalue weighted by molar-refractivity contribution is 7.99. The number of hydrogen-bond donors (Lipinski definition) is 1. The van der Waals surface area contributed by atoms with Crippen LogP contribution in [0.4, 0.5) is 5.69 Å². The van der Waals surface area contributed by atoms with E-state index in [1.807, 2.05) is 11.8 Å². The van der Waals surface area contributed by atoms with Crippen molar-refractivity contribution < 1.29 is 19.1 Å². The molecule has 2 aliphatic heterocycles. The van der Waals surface area contributed by atoms with Crippen LogP contribution in [-0.4, -0.2) is 74.2 Å². The molecule has 31 heavy (non-hydrogen) atoms. The number of benzene rings is 1. The van der Waals surface area contributed by atoms with Crippen LogP contribution in [0.3, 0.4) is 0 Å². The molecule has 1 unspecified atom stereocenters. The molecule has 7 nitrogen and oxygen atoms in total. The lowest BCUT2D eigenvalue weighted by atomic mass is 9.94. The Morgan fingerprint density at radius 1 is 1.19 bits per heavy atom. The van der Waals surface area contributed by atoms with Gasteiger partial charge in [-0.15, -0.1) is 0 Å². The van der Waals surface area contributed by atoms with E-state index in [0.717, 1.165) is 25.9 Å². The van der Waals surface area contributed by atoms with Gasteiger partial charge in [0.15, 0.2) is 0 Å². The molecule has 1 aliphatic carbocycles. The van der Waals surface area contributed by atoms with Crippen molar-refractivity contribution in [2.24, 2.45) is 5.92 Å². The normalized spacial score (nSPS) is 23.7. The predicted octanol–water partition coefficient (Wildman–Crippen LogP) is 2.53. The minimum atomic E-state index is -0.348. The second-order valence-corrected chi connectivity index (χ2v) is 9.92. The van der Waals surface area contributed by atoms with E-state index in [4.69, 9.17) is 9.47 Å². The van der Waals surface area contributed by atoms with Gasteiger partial charge in [0.25, 0.3) is 0 Å². The van der Waals surface area contributed by atoms with Gasteiger partial charge in [-0.25, -0.2) is 0 Å². The first-order chi connectivity index (χ1) is 15.1. The highest BCUT2D eigenvalue weighted by Crippen LogP contribution is 2.38. The van der Waals surface area contributed by atoms with Gasteiger partial charge in [-0.05, 0) is 25.0 Å². The van der Waals surface area contributed by atoms with Gasteiger partial charge in [-0.2, -0.15) is 11.8 Å². The third-order valence-corrected chi connectivity index (χ3v) is 7.92. The van der Waals surface area contributed by atoms with E-state index in [0.29, 0.717) is 30.3 Å². The Morgan fingerprint density at radius 3 is 2.61 bits per heavy atom. The SMILES string of the molecule is COc1ccc(OC)c(N2CC(C(=O)NCC3(N4CCSCC4)CCCC3)CC2=O)c1. The zero-order valence-corrected chi connectivity index (χ0v) is 19.3. The monoisotopic (exact) mass is 447 g/mol. The fraction of sp³-hybridized carbons (Fsp3) is 0.652. The Labute approximate surface area is 188 Å². The van der Waals surface area contributed by atoms with Crippen molar-refractivity contribution in [1.82, 2.24) is 10.2 Å². The smallest absolute Gasteiger partial charge is 0.227 e. The first-order valence-electron chi connectivity index (χ1n) is 11.2. The summed E-state index contributed by atoms with van der Waals surface area (Å²) in [5.41, 5.74) is 0.745. The number of carbonyl (C=O) groups excluding carboxylic acids is 2. The lowest BCUT2D eigenvalue weighted by Crippen LogP contribution is -2.57. The van der Waals surface area contributed by atoms with Crippen LogP contribution in [0, 0.1) is 5.92 Å². The molecule has 1 atom stereocenters. The van der Waals surface area contributed by atoms with Gasteiger partial charge < -0.3 is 19.7 Å². The van der Waals surface area contributed by atoms with Gasteiger partial charge in [0, 0.05) is 55.7 Å². The number of amides is 2. The molecule has 1 aromatic rings. The van der Waals surface area contributed by atoms with Crippen molar-refractivity contribution in [1.29, 1.82) is 0 Å². The molecule has 0 spiro atoms. The summed E-state index contributed by atoms with van der Waals surface area (Å²) in [5.74, 6) is 3.17. The topological polar surface area (TPSA) is 71.1 Å². The number of methoxy groups -OCH3 is 2. The lowest BCUT2D eigenvalue weighted by molar-refractivity contribution is -0.126. The van der Waals surface area contributed by atoms with Gasteiger partial charge in [0.1, 0.15) is 11.5 Å². The third kappa shape index (κ3) is 4.65. The van der Waals surface area contributed by atoms with Crippen LogP contribution in [0.1, 0.15) is 32.1 Å². The number of nitrogens with zero attached hydrogens (tertiary/aromatic N) is 2. The predicted molar refractivity (Wildman–Crippen MR) is 123 cm³/mol. The van der Waals surface area contributed by atoms with Crippen molar-refractivity contribution in [3.63, 3.8) is 0 Å². The molecule has 0 radical (unpaired) electrons. The van der Waals surface area contributed by atoms with E-state index in [-0.39, 0.29) is 29.7 Å². The molecule has 3 aliphatic rings. The van der Waals surface area contributed by atoms with Crippen molar-refractivity contribution in [2.45, 2.75) is 37.6 Å². The summed E-state index contributed by atoms with van der Waals surface area (Å²) in [6.07, 6.45) is 4.97. The summed E-state index contributed by atoms with van der Waals surface area (Å²) < 4.78 is 10.7. The third-order valence-electron chi connectivity index (χ3n) is 6.98. The quantitative estimate of drug-likeness (QED) is 0.693. The lowest BCUT2D eigenvalue weighted by Gasteiger charge is -2.43. The molecule has 1 aromatic carbocycles. The van der Waals surface area contributed by atoms with E-state index >= 15 is 0 Å². The Kier molecular flexibility index (Phi) is 6.96. The summed E-state index contributed by atoms with van der Waals surface area (Å²) in [6.45, 7) is 3.25. The zero-order chi connectivity index (χ0) is 21.8. The standard InChI is InChI=1S/C23H33N3O4S/c1-29-18-5-6-20(30-2)19(14-18)26-15-17(13-21(26)27)22(28)24-16-23(7-3-4-8-23)25-9-11-31-12-10-25/h5-6,14,17H,3-4,7-13,15-16H2,1-2H3,(H,24,28). The summed E-state index contributed by atoms with van der Waals surface area (Å²) in [4.78, 5) is 30.1. The van der Waals surface area contributed by atoms with Crippen LogP contribution in [-0.2, 0) is 9.59 Å². The fourth-order valence-electron chi connectivity index (χ4n) is 5.20. The summed E-state index contributed by atoms with van der Waals surface area (Å²) in [5, 5.41) is 3.23. The van der Waals surface area contributed by atoms with Crippen molar-refractivity contribution in [3.05, 3.63) is 18.2 Å². The first-order valence-corrected chi connectivity index (χ1v) is 12.3. The van der Waals surface area contributed by atoms with E-state index in [2.05, 4.69) is 10.2 Å². The van der Waals surface area contributed by atoms with Crippen LogP contribution >= 0.6 is 11.8 Å². The first kappa shape index (κ1) is 22.3. The van der Waals surface area contributed by atoms with Crippen molar-refractivity contribution in [3.8, 4) is 11.5 Å². The molecule has 8 heteroatoms. The molecule has 0 bridgehead atoms. The Hall–Kier alpha value is -1.93. The number of nitrogens with one attached hydrogen (secondary N) is 1. The molecule has 170 valence electrons. The summed E-state index contributed by atoms with van der Waals surface area (Å²) in [6, 6.07) is 5.38. The molecule has 2 amide bonds. The maximum absolute atomic E-state index is 13.1. The second-order valence-electron chi connectivity index (χ2n) is 8.69. The van der Waals surface area contributed by atoms with Crippen molar-refractivity contribution >= 4 is 29.3 Å². The number of thioether (sulfide) groups is 1. The van der Waals surface area contributed by atoms with Crippen LogP contribution in [0.2, 0.25) is 0 Å². The maximum Gasteiger partial charge on any atom is 0.227 e. The Morgan fingerprint density at radius 2 is 1.94 bits per heavy atom. The molecule has 0 aromatic heterocycles. The zero-order valence-electron chi connectivity index (χ0n) is 18.5. The van der Waals surface area contributed by atoms with Crippen LogP contribution in [0.25, 0.3) is 0 Å². The van der Waals surface area contributed by atoms with Crippen LogP contribution in [0.15, 0.2) is 18.2 Å². The molecule has 1 saturated carbocycles. The van der Waals surface area contributed by atoms with E-state index in [9.17, 15) is 9.59 Å². The summed E-state index contributed by atoms with van der Waals surface area (Å²) in [7, 11) is 3.17. The molecule has 1 N–H and O–H groups in total. The molecular formula is C23H33N3O4S. The van der Waals surface area contributed by atoms with Crippen LogP contribution in [0.5, 0.6) is 11.5 Å². The molecule has 2 heterocycles. The average Bonchev–Trinajstić information content (AvgIpc) is 3.45. The maximum atomic E-state index is 13.1. The van der Waals surface area contributed by atoms with Crippen molar-refractivity contribution in [2.75, 3.05) is 56.8 Å². The molecule has 2 saturated heterocycles. The fourth-order valence-corrected chi connectivity index (χ4v) is 6.10. The highest BCUT2D eigenvalue weighted by Gasteiger charge is 2.42. The number of hydrogen-bond acceptors (Lipinski definition) is 6. The summed E-state index contributed by atoms with van der Waals surface area (Å²) >= 11 is 2.01. The molecule has 4 rings (SSSR count). The average molecular weight is 448 g/mol. The number of rotatable bonds is 7. The largest absolute Gasteiger partial charge is 0.497 e. The van der Waals surface area contributed by atoms with Gasteiger partial charge in [0.05, 0.1) is 25.8 Å². The van der Waals surface area contributed by atoms with Gasteiger partial charge in [0.2, 0.25) is 11.8 Å². The molecular weight excluding hydrogens is 414 g/mol. The van der Waals surface area contributed by atoms with E-state index < -0.39 is 0 Å². The van der Waals surface area contributed by atoms with Gasteiger partial charge in [-0.1, -0.05) is 12.8 Å². The second kappa shape index (κ2) is 9.69. The van der Waals surface area contributed by atoms with Gasteiger partial charge in [-0.3, -0.25) is 14.5 Å². The highest BCUT2D eigenvalue weighted by atomic mass is 32.2. The number of anilines is 1. The number of ether oxygens (including phenoxy) is 2. The minimum Gasteiger partial charge on any atom is -0.497 e. The number of carbonyl (C=O) groups is 2. The van der Waals surface area contributed by atoms with Gasteiger partial charge >= 0.3 is 0 Å². The molecule has 3 fully saturated rings. The van der Waals surface area contributed by atoms with E-state index in [1.54, 1.807) is 37.3 Å². The minimum absolute atomic E-state index is 0.0182. The Balaban J connectivity index is 1.41. The van der Waals surface area contributed by atoms with Crippen LogP contribution < -0.4 is 19.7 Å².